The summed E-state index contributed by atoms with van der Waals surface area (Å²) < 4.78 is 31.1. The van der Waals surface area contributed by atoms with Gasteiger partial charge in [0, 0.05) is 6.07 Å². The van der Waals surface area contributed by atoms with Gasteiger partial charge in [-0.2, -0.15) is 0 Å². The Balaban J connectivity index is 0.000000225. The molecule has 2 N–H and O–H groups in total. The number of rotatable bonds is 5. The molecule has 0 aliphatic rings. The second-order valence-electron chi connectivity index (χ2n) is 8.12. The summed E-state index contributed by atoms with van der Waals surface area (Å²) in [5, 5.41) is 23.2. The van der Waals surface area contributed by atoms with Crippen LogP contribution < -0.4 is 21.2 Å². The van der Waals surface area contributed by atoms with Crippen LogP contribution in [-0.2, 0) is 10.1 Å². The molecule has 0 heterocycles. The lowest BCUT2D eigenvalue weighted by molar-refractivity contribution is 0.427. The molecule has 0 radical (unpaired) electrons. The lowest BCUT2D eigenvalue weighted by atomic mass is 10.3. The molecule has 5 aromatic rings. The number of phenolic OH excluding ortho intramolecular Hbond substituents is 2. The maximum Gasteiger partial charge on any atom is 0.144 e. The number of aromatic hydroxyl groups is 2. The predicted molar refractivity (Wildman–Crippen MR) is 149 cm³/mol. The smallest absolute Gasteiger partial charge is 0.144 e. The molecule has 0 saturated carbocycles. The van der Waals surface area contributed by atoms with E-state index in [4.69, 9.17) is 10.2 Å². The molecule has 0 bridgehead atoms. The van der Waals surface area contributed by atoms with Crippen LogP contribution in [0.4, 0.5) is 0 Å². The minimum absolute atomic E-state index is 0.387. The van der Waals surface area contributed by atoms with Crippen LogP contribution in [0.2, 0.25) is 0 Å². The summed E-state index contributed by atoms with van der Waals surface area (Å²) in [7, 11) is -6.62. The zero-order valence-electron chi connectivity index (χ0n) is 19.8. The second-order valence-corrected chi connectivity index (χ2v) is 12.9. The number of hydrogen-bond donors (Lipinski definition) is 2. The largest absolute Gasteiger partial charge is 0.744 e. The van der Waals surface area contributed by atoms with Crippen molar-refractivity contribution in [2.45, 2.75) is 4.90 Å². The van der Waals surface area contributed by atoms with Crippen molar-refractivity contribution < 1.29 is 23.2 Å². The Labute approximate surface area is 217 Å². The van der Waals surface area contributed by atoms with Crippen LogP contribution in [0, 0.1) is 0 Å². The lowest BCUT2D eigenvalue weighted by Gasteiger charge is -2.27. The van der Waals surface area contributed by atoms with Gasteiger partial charge in [-0.25, -0.2) is 8.42 Å². The van der Waals surface area contributed by atoms with Gasteiger partial charge in [0.1, 0.15) is 50.1 Å². The van der Waals surface area contributed by atoms with Crippen molar-refractivity contribution in [3.8, 4) is 11.5 Å². The Bertz CT molecular complexity index is 1380. The molecule has 5 aromatic carbocycles. The summed E-state index contributed by atoms with van der Waals surface area (Å²) in [5.74, 6) is -1.05. The molecule has 5 rings (SSSR count). The maximum atomic E-state index is 10.4. The minimum Gasteiger partial charge on any atom is -0.744 e. The van der Waals surface area contributed by atoms with E-state index in [2.05, 4.69) is 121 Å². The Kier molecular flexibility index (Phi) is 8.04. The molecule has 37 heavy (non-hydrogen) atoms. The Morgan fingerprint density at radius 2 is 0.838 bits per heavy atom. The highest BCUT2D eigenvalue weighted by atomic mass is 32.2. The molecule has 0 unspecified atom stereocenters. The van der Waals surface area contributed by atoms with Crippen LogP contribution in [0.25, 0.3) is 0 Å². The fourth-order valence-corrected chi connectivity index (χ4v) is 9.06. The van der Waals surface area contributed by atoms with Gasteiger partial charge in [0.25, 0.3) is 0 Å². The lowest BCUT2D eigenvalue weighted by Crippen LogP contribution is -2.38. The average Bonchev–Trinajstić information content (AvgIpc) is 2.93. The third-order valence-corrected chi connectivity index (χ3v) is 10.9. The van der Waals surface area contributed by atoms with Crippen LogP contribution in [0.1, 0.15) is 0 Å². The van der Waals surface area contributed by atoms with Gasteiger partial charge >= 0.3 is 0 Å². The van der Waals surface area contributed by atoms with Crippen molar-refractivity contribution in [3.63, 3.8) is 0 Å². The van der Waals surface area contributed by atoms with E-state index >= 15 is 0 Å². The van der Waals surface area contributed by atoms with Crippen molar-refractivity contribution in [1.82, 2.24) is 0 Å². The van der Waals surface area contributed by atoms with E-state index in [1.54, 1.807) is 0 Å². The topological polar surface area (TPSA) is 97.7 Å². The molecular weight excluding hydrogens is 503 g/mol. The summed E-state index contributed by atoms with van der Waals surface area (Å²) in [6, 6.07) is 46.5. The van der Waals surface area contributed by atoms with E-state index in [1.165, 1.54) is 21.2 Å². The van der Waals surface area contributed by atoms with E-state index in [1.807, 2.05) is 0 Å². The minimum atomic E-state index is -4.72. The molecule has 0 spiro atoms. The maximum absolute atomic E-state index is 10.4. The molecule has 0 amide bonds. The fourth-order valence-electron chi connectivity index (χ4n) is 4.20. The first kappa shape index (κ1) is 26.1. The molecule has 0 aromatic heterocycles. The number of benzene rings is 5. The van der Waals surface area contributed by atoms with Gasteiger partial charge < -0.3 is 14.8 Å². The predicted octanol–water partition coefficient (Wildman–Crippen LogP) is 4.31. The van der Waals surface area contributed by atoms with Crippen molar-refractivity contribution in [3.05, 3.63) is 140 Å². The van der Waals surface area contributed by atoms with E-state index in [-0.39, 0.29) is 5.75 Å². The zero-order valence-corrected chi connectivity index (χ0v) is 21.5. The van der Waals surface area contributed by atoms with Crippen molar-refractivity contribution in [2.24, 2.45) is 0 Å². The summed E-state index contributed by atoms with van der Waals surface area (Å²) >= 11 is 0. The first-order chi connectivity index (χ1) is 17.8. The highest BCUT2D eigenvalue weighted by molar-refractivity contribution is 8.01. The standard InChI is InChI=1S/C24H20P.C6H6O5S/c1-5-13-21(14-6-1)25(22-15-7-2-8-16-22,23-17-9-3-10-18-23)24-19-11-4-12-20-24;7-4-1-2-5(8)6(3-4)12(9,10)11/h1-20H;1-3,7-8H,(H,9,10,11)/q+1;/p-1. The third kappa shape index (κ3) is 5.73. The van der Waals surface area contributed by atoms with Gasteiger partial charge in [0.2, 0.25) is 0 Å². The molecule has 7 heteroatoms. The molecule has 0 aliphatic heterocycles. The van der Waals surface area contributed by atoms with Crippen LogP contribution in [0.5, 0.6) is 11.5 Å². The number of phenols is 2. The van der Waals surface area contributed by atoms with Gasteiger partial charge in [0.15, 0.2) is 0 Å². The van der Waals surface area contributed by atoms with E-state index in [9.17, 15) is 13.0 Å². The van der Waals surface area contributed by atoms with Gasteiger partial charge in [-0.15, -0.1) is 0 Å². The van der Waals surface area contributed by atoms with Crippen LogP contribution in [0.3, 0.4) is 0 Å². The van der Waals surface area contributed by atoms with Gasteiger partial charge in [0.05, 0.1) is 4.90 Å². The molecule has 5 nitrogen and oxygen atoms in total. The molecule has 0 aliphatic carbocycles. The average molecular weight is 529 g/mol. The highest BCUT2D eigenvalue weighted by Gasteiger charge is 2.47. The van der Waals surface area contributed by atoms with Gasteiger partial charge in [-0.3, -0.25) is 0 Å². The second kappa shape index (κ2) is 11.4. The summed E-state index contributed by atoms with van der Waals surface area (Å²) in [6.07, 6.45) is 0. The fraction of sp³-hybridized carbons (Fsp3) is 0. The Hall–Kier alpha value is -3.96. The van der Waals surface area contributed by atoms with Crippen molar-refractivity contribution in [2.75, 3.05) is 0 Å². The number of hydrogen-bond acceptors (Lipinski definition) is 5. The van der Waals surface area contributed by atoms with E-state index in [0.29, 0.717) is 6.07 Å². The Morgan fingerprint density at radius 3 is 1.11 bits per heavy atom. The first-order valence-corrected chi connectivity index (χ1v) is 14.6. The summed E-state index contributed by atoms with van der Waals surface area (Å²) in [6.45, 7) is 0. The normalized spacial score (nSPS) is 11.3. The van der Waals surface area contributed by atoms with Crippen LogP contribution >= 0.6 is 7.26 Å². The van der Waals surface area contributed by atoms with E-state index in [0.717, 1.165) is 12.1 Å². The monoisotopic (exact) mass is 528 g/mol. The highest BCUT2D eigenvalue weighted by Crippen LogP contribution is 2.53. The Morgan fingerprint density at radius 1 is 0.514 bits per heavy atom. The quantitative estimate of drug-likeness (QED) is 0.201. The van der Waals surface area contributed by atoms with Crippen LogP contribution in [-0.4, -0.2) is 23.2 Å². The summed E-state index contributed by atoms with van der Waals surface area (Å²) in [5.41, 5.74) is 0. The first-order valence-electron chi connectivity index (χ1n) is 11.4. The van der Waals surface area contributed by atoms with Gasteiger partial charge in [-0.05, 0) is 60.7 Å². The zero-order chi connectivity index (χ0) is 26.3. The SMILES string of the molecule is O=S(=O)([O-])c1cc(O)ccc1O.c1ccc([P+](c2ccccc2)(c2ccccc2)c2ccccc2)cc1. The summed E-state index contributed by atoms with van der Waals surface area (Å²) in [4.78, 5) is -0.817. The van der Waals surface area contributed by atoms with Crippen LogP contribution in [0.15, 0.2) is 144 Å². The molecule has 186 valence electrons. The van der Waals surface area contributed by atoms with E-state index < -0.39 is 28.0 Å². The third-order valence-electron chi connectivity index (χ3n) is 5.79. The molecular formula is C30H25O5PS. The molecule has 0 fully saturated rings. The van der Waals surface area contributed by atoms with Gasteiger partial charge in [-0.1, -0.05) is 72.8 Å². The van der Waals surface area contributed by atoms with Crippen molar-refractivity contribution >= 4 is 38.6 Å². The molecule has 0 saturated heterocycles. The van der Waals surface area contributed by atoms with Crippen molar-refractivity contribution in [1.29, 1.82) is 0 Å². The molecule has 0 atom stereocenters.